The van der Waals surface area contributed by atoms with E-state index in [-0.39, 0.29) is 12.1 Å². The molecule has 0 aliphatic heterocycles. The van der Waals surface area contributed by atoms with E-state index in [9.17, 15) is 14.9 Å². The number of nitro benzene ring substituents is 1. The number of nitrogens with one attached hydrogen (secondary N) is 1. The predicted molar refractivity (Wildman–Crippen MR) is 72.0 cm³/mol. The van der Waals surface area contributed by atoms with Crippen molar-refractivity contribution in [3.05, 3.63) is 34.4 Å². The maximum atomic E-state index is 11.3. The zero-order valence-corrected chi connectivity index (χ0v) is 11.0. The van der Waals surface area contributed by atoms with Crippen molar-refractivity contribution in [1.29, 1.82) is 5.26 Å². The Morgan fingerprint density at radius 1 is 1.55 bits per heavy atom. The minimum Gasteiger partial charge on any atom is -0.447 e. The Kier molecular flexibility index (Phi) is 5.97. The molecule has 0 fully saturated rings. The first-order valence-electron chi connectivity index (χ1n) is 6.11. The molecule has 7 nitrogen and oxygen atoms in total. The van der Waals surface area contributed by atoms with Crippen molar-refractivity contribution in [3.8, 4) is 6.07 Å². The predicted octanol–water partition coefficient (Wildman–Crippen LogP) is 2.24. The van der Waals surface area contributed by atoms with Gasteiger partial charge in [0.15, 0.2) is 6.10 Å². The highest BCUT2D eigenvalue weighted by molar-refractivity contribution is 5.69. The van der Waals surface area contributed by atoms with Crippen LogP contribution >= 0.6 is 0 Å². The minimum atomic E-state index is -0.759. The van der Waals surface area contributed by atoms with Crippen molar-refractivity contribution in [2.24, 2.45) is 0 Å². The highest BCUT2D eigenvalue weighted by atomic mass is 16.6. The molecule has 1 rings (SSSR count). The summed E-state index contributed by atoms with van der Waals surface area (Å²) in [4.78, 5) is 21.6. The van der Waals surface area contributed by atoms with Crippen molar-refractivity contribution < 1.29 is 14.5 Å². The van der Waals surface area contributed by atoms with Crippen LogP contribution in [0.25, 0.3) is 0 Å². The molecule has 1 atom stereocenters. The Morgan fingerprint density at radius 3 is 2.90 bits per heavy atom. The largest absolute Gasteiger partial charge is 0.447 e. The van der Waals surface area contributed by atoms with Gasteiger partial charge in [-0.05, 0) is 19.4 Å². The van der Waals surface area contributed by atoms with E-state index in [0.29, 0.717) is 18.7 Å². The first-order chi connectivity index (χ1) is 9.54. The van der Waals surface area contributed by atoms with Gasteiger partial charge >= 0.3 is 5.97 Å². The fourth-order valence-corrected chi connectivity index (χ4v) is 1.52. The first kappa shape index (κ1) is 15.4. The maximum Gasteiger partial charge on any atom is 0.307 e. The van der Waals surface area contributed by atoms with Gasteiger partial charge in [0.05, 0.1) is 4.92 Å². The summed E-state index contributed by atoms with van der Waals surface area (Å²) in [6, 6.07) is 8.09. The van der Waals surface area contributed by atoms with E-state index >= 15 is 0 Å². The number of ether oxygens (including phenoxy) is 1. The molecule has 0 radical (unpaired) electrons. The molecule has 1 aromatic rings. The lowest BCUT2D eigenvalue weighted by Crippen LogP contribution is -2.14. The quantitative estimate of drug-likeness (QED) is 0.354. The second-order valence-electron chi connectivity index (χ2n) is 4.07. The van der Waals surface area contributed by atoms with Gasteiger partial charge in [-0.1, -0.05) is 12.1 Å². The Bertz CT molecular complexity index is 525. The van der Waals surface area contributed by atoms with Gasteiger partial charge in [0.25, 0.3) is 5.69 Å². The first-order valence-corrected chi connectivity index (χ1v) is 6.11. The van der Waals surface area contributed by atoms with Crippen LogP contribution in [0.2, 0.25) is 0 Å². The van der Waals surface area contributed by atoms with E-state index in [2.05, 4.69) is 5.32 Å². The summed E-state index contributed by atoms with van der Waals surface area (Å²) in [7, 11) is 0. The van der Waals surface area contributed by atoms with E-state index in [1.165, 1.54) is 13.0 Å². The topological polar surface area (TPSA) is 105 Å². The van der Waals surface area contributed by atoms with E-state index in [0.717, 1.165) is 0 Å². The molecule has 0 aromatic heterocycles. The summed E-state index contributed by atoms with van der Waals surface area (Å²) in [5.74, 6) is -0.455. The maximum absolute atomic E-state index is 11.3. The molecule has 0 amide bonds. The van der Waals surface area contributed by atoms with Crippen LogP contribution in [0.5, 0.6) is 0 Å². The SMILES string of the molecule is C[C@H](C#N)OC(=O)CCCNc1ccccc1[N+](=O)[O-]. The van der Waals surface area contributed by atoms with Crippen LogP contribution in [0, 0.1) is 21.4 Å². The van der Waals surface area contributed by atoms with E-state index in [4.69, 9.17) is 10.00 Å². The monoisotopic (exact) mass is 277 g/mol. The molecule has 106 valence electrons. The molecule has 0 aliphatic carbocycles. The van der Waals surface area contributed by atoms with Gasteiger partial charge in [-0.3, -0.25) is 14.9 Å². The summed E-state index contributed by atoms with van der Waals surface area (Å²) in [5.41, 5.74) is 0.407. The minimum absolute atomic E-state index is 0.00632. The zero-order chi connectivity index (χ0) is 15.0. The average molecular weight is 277 g/mol. The third-order valence-corrected chi connectivity index (χ3v) is 2.46. The number of carbonyl (C=O) groups is 1. The van der Waals surface area contributed by atoms with Crippen molar-refractivity contribution in [2.45, 2.75) is 25.9 Å². The van der Waals surface area contributed by atoms with Gasteiger partial charge < -0.3 is 10.1 Å². The summed E-state index contributed by atoms with van der Waals surface area (Å²) in [6.07, 6.45) is -0.145. The van der Waals surface area contributed by atoms with E-state index in [1.54, 1.807) is 24.3 Å². The number of nitrogens with zero attached hydrogens (tertiary/aromatic N) is 2. The third kappa shape index (κ3) is 4.94. The van der Waals surface area contributed by atoms with Crippen molar-refractivity contribution in [3.63, 3.8) is 0 Å². The van der Waals surface area contributed by atoms with E-state index < -0.39 is 17.0 Å². The summed E-state index contributed by atoms with van der Waals surface area (Å²) >= 11 is 0. The fraction of sp³-hybridized carbons (Fsp3) is 0.385. The standard InChI is InChI=1S/C13H15N3O4/c1-10(9-14)20-13(17)7-4-8-15-11-5-2-3-6-12(11)16(18)19/h2-3,5-6,10,15H,4,7-8H2,1H3/t10-/m1/s1. The van der Waals surface area contributed by atoms with Crippen LogP contribution in [0.1, 0.15) is 19.8 Å². The number of carbonyl (C=O) groups excluding carboxylic acids is 1. The summed E-state index contributed by atoms with van der Waals surface area (Å²) in [6.45, 7) is 1.89. The number of nitro groups is 1. The molecule has 0 heterocycles. The molecule has 1 aromatic carbocycles. The lowest BCUT2D eigenvalue weighted by Gasteiger charge is -2.08. The number of rotatable bonds is 7. The normalized spacial score (nSPS) is 11.2. The van der Waals surface area contributed by atoms with E-state index in [1.807, 2.05) is 0 Å². The lowest BCUT2D eigenvalue weighted by molar-refractivity contribution is -0.384. The molecule has 0 saturated heterocycles. The summed E-state index contributed by atoms with van der Waals surface area (Å²) < 4.78 is 4.78. The van der Waals surface area contributed by atoms with Crippen LogP contribution in [-0.4, -0.2) is 23.5 Å². The van der Waals surface area contributed by atoms with Crippen LogP contribution < -0.4 is 5.32 Å². The zero-order valence-electron chi connectivity index (χ0n) is 11.0. The molecule has 0 spiro atoms. The van der Waals surface area contributed by atoms with Gasteiger partial charge in [0.2, 0.25) is 0 Å². The van der Waals surface area contributed by atoms with Gasteiger partial charge in [-0.15, -0.1) is 0 Å². The molecule has 0 unspecified atom stereocenters. The van der Waals surface area contributed by atoms with Crippen LogP contribution in [0.15, 0.2) is 24.3 Å². The van der Waals surface area contributed by atoms with Crippen molar-refractivity contribution in [1.82, 2.24) is 0 Å². The van der Waals surface area contributed by atoms with Gasteiger partial charge in [-0.25, -0.2) is 0 Å². The number of hydrogen-bond donors (Lipinski definition) is 1. The van der Waals surface area contributed by atoms with Gasteiger partial charge in [-0.2, -0.15) is 5.26 Å². The summed E-state index contributed by atoms with van der Waals surface area (Å²) in [5, 5.41) is 22.2. The molecule has 0 bridgehead atoms. The van der Waals surface area contributed by atoms with Crippen LogP contribution in [-0.2, 0) is 9.53 Å². The second-order valence-corrected chi connectivity index (χ2v) is 4.07. The molecule has 20 heavy (non-hydrogen) atoms. The van der Waals surface area contributed by atoms with Gasteiger partial charge in [0.1, 0.15) is 11.8 Å². The Labute approximate surface area is 116 Å². The lowest BCUT2D eigenvalue weighted by atomic mass is 10.2. The molecular weight excluding hydrogens is 262 g/mol. The van der Waals surface area contributed by atoms with Gasteiger partial charge in [0, 0.05) is 19.0 Å². The Balaban J connectivity index is 2.37. The number of nitriles is 1. The van der Waals surface area contributed by atoms with Crippen LogP contribution in [0.4, 0.5) is 11.4 Å². The molecule has 0 aliphatic rings. The fourth-order valence-electron chi connectivity index (χ4n) is 1.52. The Morgan fingerprint density at radius 2 is 2.25 bits per heavy atom. The Hall–Kier alpha value is -2.62. The highest BCUT2D eigenvalue weighted by Gasteiger charge is 2.12. The molecule has 7 heteroatoms. The molecular formula is C13H15N3O4. The highest BCUT2D eigenvalue weighted by Crippen LogP contribution is 2.22. The van der Waals surface area contributed by atoms with Crippen molar-refractivity contribution in [2.75, 3.05) is 11.9 Å². The number of hydrogen-bond acceptors (Lipinski definition) is 6. The number of anilines is 1. The number of para-hydroxylation sites is 2. The molecule has 0 saturated carbocycles. The smallest absolute Gasteiger partial charge is 0.307 e. The second kappa shape index (κ2) is 7.74. The van der Waals surface area contributed by atoms with Crippen molar-refractivity contribution >= 4 is 17.3 Å². The van der Waals surface area contributed by atoms with Crippen LogP contribution in [0.3, 0.4) is 0 Å². The number of esters is 1. The number of benzene rings is 1. The molecule has 1 N–H and O–H groups in total. The third-order valence-electron chi connectivity index (χ3n) is 2.46. The average Bonchev–Trinajstić information content (AvgIpc) is 2.43.